The number of hydrogen-bond donors (Lipinski definition) is 1. The predicted octanol–water partition coefficient (Wildman–Crippen LogP) is 2.09. The fourth-order valence-electron chi connectivity index (χ4n) is 2.38. The largest absolute Gasteiger partial charge is 0.479 e. The highest BCUT2D eigenvalue weighted by Crippen LogP contribution is 2.29. The number of ether oxygens (including phenoxy) is 1. The monoisotopic (exact) mass is 265 g/mol. The molecule has 2 aromatic heterocycles. The summed E-state index contributed by atoms with van der Waals surface area (Å²) < 4.78 is 7.17. The van der Waals surface area contributed by atoms with E-state index in [1.165, 1.54) is 0 Å². The zero-order valence-electron chi connectivity index (χ0n) is 10.5. The van der Waals surface area contributed by atoms with Gasteiger partial charge in [-0.05, 0) is 24.3 Å². The summed E-state index contributed by atoms with van der Waals surface area (Å²) in [7, 11) is 0. The number of benzene rings is 1. The number of amides is 1. The Hall–Kier alpha value is -3.00. The fourth-order valence-corrected chi connectivity index (χ4v) is 2.38. The van der Waals surface area contributed by atoms with E-state index in [9.17, 15) is 4.79 Å². The van der Waals surface area contributed by atoms with Crippen molar-refractivity contribution in [3.05, 3.63) is 48.2 Å². The molecule has 5 heteroatoms. The van der Waals surface area contributed by atoms with Crippen molar-refractivity contribution >= 4 is 22.3 Å². The van der Waals surface area contributed by atoms with Crippen molar-refractivity contribution in [2.75, 3.05) is 6.61 Å². The fraction of sp³-hybridized carbons (Fsp3) is 0.0667. The van der Waals surface area contributed by atoms with Gasteiger partial charge in [0.05, 0.1) is 16.6 Å². The quantitative estimate of drug-likeness (QED) is 0.787. The summed E-state index contributed by atoms with van der Waals surface area (Å²) in [6, 6.07) is 12.8. The first-order valence-electron chi connectivity index (χ1n) is 6.04. The summed E-state index contributed by atoms with van der Waals surface area (Å²) in [5, 5.41) is 9.32. The van der Waals surface area contributed by atoms with Crippen molar-refractivity contribution in [2.24, 2.45) is 5.73 Å². The van der Waals surface area contributed by atoms with Crippen molar-refractivity contribution in [3.8, 4) is 11.8 Å². The molecule has 1 aromatic carbocycles. The van der Waals surface area contributed by atoms with E-state index in [1.54, 1.807) is 18.2 Å². The first-order valence-corrected chi connectivity index (χ1v) is 6.04. The van der Waals surface area contributed by atoms with Crippen LogP contribution in [0.5, 0.6) is 5.75 Å². The number of hydrogen-bond acceptors (Lipinski definition) is 3. The number of nitrogens with zero attached hydrogens (tertiary/aromatic N) is 2. The van der Waals surface area contributed by atoms with Crippen LogP contribution < -0.4 is 10.5 Å². The third-order valence-electron chi connectivity index (χ3n) is 3.16. The van der Waals surface area contributed by atoms with Crippen molar-refractivity contribution in [1.82, 2.24) is 4.40 Å². The van der Waals surface area contributed by atoms with E-state index in [2.05, 4.69) is 0 Å². The van der Waals surface area contributed by atoms with E-state index in [0.717, 1.165) is 16.4 Å². The molecule has 0 spiro atoms. The molecule has 20 heavy (non-hydrogen) atoms. The van der Waals surface area contributed by atoms with Gasteiger partial charge in [0.2, 0.25) is 0 Å². The molecule has 0 unspecified atom stereocenters. The number of carbonyl (C=O) groups excluding carboxylic acids is 1. The van der Waals surface area contributed by atoms with E-state index in [0.29, 0.717) is 11.3 Å². The van der Waals surface area contributed by atoms with Crippen LogP contribution in [0.3, 0.4) is 0 Å². The van der Waals surface area contributed by atoms with Crippen molar-refractivity contribution in [1.29, 1.82) is 5.26 Å². The number of nitriles is 1. The van der Waals surface area contributed by atoms with Gasteiger partial charge in [-0.2, -0.15) is 5.26 Å². The number of fused-ring (bicyclic) bond motifs is 3. The van der Waals surface area contributed by atoms with Crippen LogP contribution in [0.2, 0.25) is 0 Å². The van der Waals surface area contributed by atoms with E-state index >= 15 is 0 Å². The summed E-state index contributed by atoms with van der Waals surface area (Å²) in [5.74, 6) is 0.118. The Kier molecular flexibility index (Phi) is 2.77. The zero-order chi connectivity index (χ0) is 14.1. The normalized spacial score (nSPS) is 10.6. The molecule has 0 radical (unpaired) electrons. The number of primary amides is 1. The number of carbonyl (C=O) groups is 1. The van der Waals surface area contributed by atoms with Gasteiger partial charge in [0.15, 0.2) is 6.61 Å². The second-order valence-electron chi connectivity index (χ2n) is 4.32. The van der Waals surface area contributed by atoms with E-state index in [4.69, 9.17) is 15.7 Å². The molecule has 1 amide bonds. The summed E-state index contributed by atoms with van der Waals surface area (Å²) in [6.07, 6.45) is 1.86. The van der Waals surface area contributed by atoms with Gasteiger partial charge in [0, 0.05) is 17.6 Å². The minimum atomic E-state index is -0.464. The lowest BCUT2D eigenvalue weighted by atomic mass is 10.1. The van der Waals surface area contributed by atoms with Gasteiger partial charge in [-0.1, -0.05) is 6.07 Å². The molecule has 0 aliphatic rings. The molecule has 3 rings (SSSR count). The first-order chi connectivity index (χ1) is 9.72. The van der Waals surface area contributed by atoms with Crippen LogP contribution in [0.15, 0.2) is 42.6 Å². The number of aromatic nitrogens is 1. The van der Waals surface area contributed by atoms with Gasteiger partial charge in [-0.15, -0.1) is 0 Å². The van der Waals surface area contributed by atoms with Gasteiger partial charge in [0.25, 0.3) is 5.91 Å². The standard InChI is InChI=1S/C15H11N3O2/c16-6-8-20-10-4-5-11-13(9-10)18-7-2-1-3-12(18)14(11)15(17)19/h1-5,7,9H,8H2,(H2,17,19). The Morgan fingerprint density at radius 3 is 2.90 bits per heavy atom. The maximum Gasteiger partial charge on any atom is 0.251 e. The minimum Gasteiger partial charge on any atom is -0.479 e. The Labute approximate surface area is 114 Å². The van der Waals surface area contributed by atoms with E-state index in [1.807, 2.05) is 34.9 Å². The van der Waals surface area contributed by atoms with Gasteiger partial charge in [-0.25, -0.2) is 0 Å². The van der Waals surface area contributed by atoms with Gasteiger partial charge in [-0.3, -0.25) is 4.79 Å². The molecule has 3 aromatic rings. The predicted molar refractivity (Wildman–Crippen MR) is 74.5 cm³/mol. The Balaban J connectivity index is 2.32. The lowest BCUT2D eigenvalue weighted by Crippen LogP contribution is -2.10. The number of pyridine rings is 1. The summed E-state index contributed by atoms with van der Waals surface area (Å²) >= 11 is 0. The van der Waals surface area contributed by atoms with Crippen molar-refractivity contribution in [3.63, 3.8) is 0 Å². The molecule has 0 atom stereocenters. The molecule has 5 nitrogen and oxygen atoms in total. The van der Waals surface area contributed by atoms with Crippen LogP contribution in [0.1, 0.15) is 10.4 Å². The molecule has 0 aliphatic heterocycles. The number of nitrogens with two attached hydrogens (primary N) is 1. The highest BCUT2D eigenvalue weighted by molar-refractivity contribution is 6.13. The summed E-state index contributed by atoms with van der Waals surface area (Å²) in [4.78, 5) is 11.7. The molecular weight excluding hydrogens is 254 g/mol. The summed E-state index contributed by atoms with van der Waals surface area (Å²) in [5.41, 5.74) is 7.56. The molecule has 0 saturated carbocycles. The van der Waals surface area contributed by atoms with Crippen molar-refractivity contribution < 1.29 is 9.53 Å². The molecule has 2 N–H and O–H groups in total. The second-order valence-corrected chi connectivity index (χ2v) is 4.32. The van der Waals surface area contributed by atoms with Crippen LogP contribution in [0.25, 0.3) is 16.4 Å². The van der Waals surface area contributed by atoms with Crippen LogP contribution in [-0.4, -0.2) is 16.9 Å². The Morgan fingerprint density at radius 2 is 2.15 bits per heavy atom. The molecule has 0 saturated heterocycles. The first kappa shape index (κ1) is 12.1. The lowest BCUT2D eigenvalue weighted by Gasteiger charge is -2.02. The lowest BCUT2D eigenvalue weighted by molar-refractivity contribution is 0.100. The van der Waals surface area contributed by atoms with Gasteiger partial charge >= 0.3 is 0 Å². The topological polar surface area (TPSA) is 80.5 Å². The Bertz CT molecular complexity index is 859. The molecule has 98 valence electrons. The van der Waals surface area contributed by atoms with Gasteiger partial charge < -0.3 is 14.9 Å². The van der Waals surface area contributed by atoms with Crippen LogP contribution in [0.4, 0.5) is 0 Å². The third-order valence-corrected chi connectivity index (χ3v) is 3.16. The maximum atomic E-state index is 11.7. The molecule has 0 fully saturated rings. The number of rotatable bonds is 3. The summed E-state index contributed by atoms with van der Waals surface area (Å²) in [6.45, 7) is -0.0164. The second kappa shape index (κ2) is 4.59. The SMILES string of the molecule is N#CCOc1ccc2c(C(N)=O)c3ccccn3c2c1. The minimum absolute atomic E-state index is 0.0164. The smallest absolute Gasteiger partial charge is 0.251 e. The average Bonchev–Trinajstić information content (AvgIpc) is 2.79. The highest BCUT2D eigenvalue weighted by Gasteiger charge is 2.15. The van der Waals surface area contributed by atoms with E-state index < -0.39 is 5.91 Å². The molecular formula is C15H11N3O2. The molecule has 0 aliphatic carbocycles. The van der Waals surface area contributed by atoms with Gasteiger partial charge in [0.1, 0.15) is 11.8 Å². The third kappa shape index (κ3) is 1.75. The van der Waals surface area contributed by atoms with E-state index in [-0.39, 0.29) is 6.61 Å². The van der Waals surface area contributed by atoms with Crippen LogP contribution in [-0.2, 0) is 0 Å². The molecule has 0 bridgehead atoms. The highest BCUT2D eigenvalue weighted by atomic mass is 16.5. The van der Waals surface area contributed by atoms with Crippen molar-refractivity contribution in [2.45, 2.75) is 0 Å². The van der Waals surface area contributed by atoms with Crippen LogP contribution >= 0.6 is 0 Å². The average molecular weight is 265 g/mol. The Morgan fingerprint density at radius 1 is 1.30 bits per heavy atom. The van der Waals surface area contributed by atoms with Crippen LogP contribution in [0, 0.1) is 11.3 Å². The molecule has 2 heterocycles. The zero-order valence-corrected chi connectivity index (χ0v) is 10.5. The maximum absolute atomic E-state index is 11.7.